The Morgan fingerprint density at radius 3 is 2.61 bits per heavy atom. The van der Waals surface area contributed by atoms with Crippen molar-refractivity contribution in [2.24, 2.45) is 0 Å². The molecule has 0 atom stereocenters. The number of rotatable bonds is 2. The highest BCUT2D eigenvalue weighted by molar-refractivity contribution is 6.16. The summed E-state index contributed by atoms with van der Waals surface area (Å²) in [6.45, 7) is 0. The molecule has 5 heteroatoms. The summed E-state index contributed by atoms with van der Waals surface area (Å²) >= 11 is 5.61. The maximum atomic E-state index is 13.7. The van der Waals surface area contributed by atoms with Crippen molar-refractivity contribution in [1.82, 2.24) is 10.1 Å². The normalized spacial score (nSPS) is 11.0. The predicted octanol–water partition coefficient (Wildman–Crippen LogP) is 3.77. The highest BCUT2D eigenvalue weighted by atomic mass is 35.5. The van der Waals surface area contributed by atoms with Gasteiger partial charge in [0.15, 0.2) is 0 Å². The van der Waals surface area contributed by atoms with Crippen LogP contribution in [0.1, 0.15) is 5.89 Å². The van der Waals surface area contributed by atoms with Crippen LogP contribution < -0.4 is 0 Å². The van der Waals surface area contributed by atoms with Crippen molar-refractivity contribution in [3.05, 3.63) is 48.1 Å². The lowest BCUT2D eigenvalue weighted by atomic mass is 10.0. The van der Waals surface area contributed by atoms with Crippen molar-refractivity contribution in [3.8, 4) is 11.4 Å². The van der Waals surface area contributed by atoms with E-state index in [0.717, 1.165) is 10.9 Å². The lowest BCUT2D eigenvalue weighted by Gasteiger charge is -2.03. The minimum absolute atomic E-state index is 0.159. The van der Waals surface area contributed by atoms with Gasteiger partial charge in [0.25, 0.3) is 0 Å². The second-order valence-corrected chi connectivity index (χ2v) is 4.05. The third kappa shape index (κ3) is 1.75. The Balaban J connectivity index is 2.26. The summed E-state index contributed by atoms with van der Waals surface area (Å²) < 4.78 is 18.6. The average molecular weight is 263 g/mol. The molecule has 0 radical (unpaired) electrons. The standard InChI is InChI=1S/C13H8ClFN2O/c14-7-12-16-13(17-18-12)10-5-6-11(15)9-4-2-1-3-8(9)10/h1-6H,7H2. The van der Waals surface area contributed by atoms with Gasteiger partial charge in [0, 0.05) is 10.9 Å². The third-order valence-electron chi connectivity index (χ3n) is 2.69. The summed E-state index contributed by atoms with van der Waals surface area (Å²) in [5, 5.41) is 5.13. The molecule has 18 heavy (non-hydrogen) atoms. The van der Waals surface area contributed by atoms with Gasteiger partial charge in [-0.3, -0.25) is 0 Å². The van der Waals surface area contributed by atoms with E-state index in [1.54, 1.807) is 18.2 Å². The Bertz CT molecular complexity index is 711. The molecule has 0 saturated carbocycles. The van der Waals surface area contributed by atoms with Crippen LogP contribution in [-0.4, -0.2) is 10.1 Å². The van der Waals surface area contributed by atoms with E-state index in [1.807, 2.05) is 12.1 Å². The van der Waals surface area contributed by atoms with Gasteiger partial charge in [-0.25, -0.2) is 4.39 Å². The van der Waals surface area contributed by atoms with Crippen LogP contribution in [0, 0.1) is 5.82 Å². The first kappa shape index (κ1) is 11.2. The van der Waals surface area contributed by atoms with Crippen LogP contribution >= 0.6 is 11.6 Å². The van der Waals surface area contributed by atoms with Crippen molar-refractivity contribution in [1.29, 1.82) is 0 Å². The van der Waals surface area contributed by atoms with E-state index >= 15 is 0 Å². The molecule has 1 heterocycles. The maximum Gasteiger partial charge on any atom is 0.241 e. The molecule has 3 aromatic rings. The Morgan fingerprint density at radius 2 is 1.89 bits per heavy atom. The molecule has 0 fully saturated rings. The van der Waals surface area contributed by atoms with Crippen LogP contribution in [0.25, 0.3) is 22.2 Å². The smallest absolute Gasteiger partial charge is 0.241 e. The first-order chi connectivity index (χ1) is 8.79. The molecule has 1 aromatic heterocycles. The van der Waals surface area contributed by atoms with Crippen LogP contribution in [-0.2, 0) is 5.88 Å². The van der Waals surface area contributed by atoms with E-state index in [9.17, 15) is 4.39 Å². The fourth-order valence-electron chi connectivity index (χ4n) is 1.88. The second kappa shape index (κ2) is 4.38. The molecule has 3 nitrogen and oxygen atoms in total. The average Bonchev–Trinajstić information content (AvgIpc) is 2.88. The molecular weight excluding hydrogens is 255 g/mol. The van der Waals surface area contributed by atoms with Crippen molar-refractivity contribution in [3.63, 3.8) is 0 Å². The lowest BCUT2D eigenvalue weighted by Crippen LogP contribution is -1.87. The van der Waals surface area contributed by atoms with Gasteiger partial charge in [-0.1, -0.05) is 29.4 Å². The molecule has 90 valence electrons. The SMILES string of the molecule is Fc1ccc(-c2noc(CCl)n2)c2ccccc12. The van der Waals surface area contributed by atoms with Crippen molar-refractivity contribution in [2.75, 3.05) is 0 Å². The van der Waals surface area contributed by atoms with Crippen molar-refractivity contribution < 1.29 is 8.91 Å². The molecule has 0 bridgehead atoms. The van der Waals surface area contributed by atoms with E-state index in [0.29, 0.717) is 17.1 Å². The molecular formula is C13H8ClFN2O. The topological polar surface area (TPSA) is 38.9 Å². The van der Waals surface area contributed by atoms with Gasteiger partial charge in [0.05, 0.1) is 0 Å². The lowest BCUT2D eigenvalue weighted by molar-refractivity contribution is 0.391. The fourth-order valence-corrected chi connectivity index (χ4v) is 1.98. The van der Waals surface area contributed by atoms with Gasteiger partial charge in [0.2, 0.25) is 11.7 Å². The zero-order valence-electron chi connectivity index (χ0n) is 9.23. The number of nitrogens with zero attached hydrogens (tertiary/aromatic N) is 2. The van der Waals surface area contributed by atoms with Gasteiger partial charge in [0.1, 0.15) is 11.7 Å². The molecule has 2 aromatic carbocycles. The molecule has 0 amide bonds. The Morgan fingerprint density at radius 1 is 1.11 bits per heavy atom. The molecule has 0 spiro atoms. The molecule has 0 aliphatic carbocycles. The molecule has 0 aliphatic rings. The van der Waals surface area contributed by atoms with Gasteiger partial charge in [-0.2, -0.15) is 4.98 Å². The number of alkyl halides is 1. The van der Waals surface area contributed by atoms with Crippen LogP contribution in [0.2, 0.25) is 0 Å². The molecule has 0 N–H and O–H groups in total. The summed E-state index contributed by atoms with van der Waals surface area (Å²) in [4.78, 5) is 4.15. The quantitative estimate of drug-likeness (QED) is 0.660. The van der Waals surface area contributed by atoms with E-state index in [4.69, 9.17) is 16.1 Å². The number of hydrogen-bond donors (Lipinski definition) is 0. The Hall–Kier alpha value is -1.94. The molecule has 0 saturated heterocycles. The summed E-state index contributed by atoms with van der Waals surface area (Å²) in [6.07, 6.45) is 0. The number of benzene rings is 2. The van der Waals surface area contributed by atoms with E-state index < -0.39 is 0 Å². The summed E-state index contributed by atoms with van der Waals surface area (Å²) in [5.41, 5.74) is 0.729. The van der Waals surface area contributed by atoms with Gasteiger partial charge < -0.3 is 4.52 Å². The number of aromatic nitrogens is 2. The van der Waals surface area contributed by atoms with Crippen LogP contribution in [0.5, 0.6) is 0 Å². The zero-order valence-corrected chi connectivity index (χ0v) is 9.99. The summed E-state index contributed by atoms with van der Waals surface area (Å²) in [7, 11) is 0. The highest BCUT2D eigenvalue weighted by Gasteiger charge is 2.12. The summed E-state index contributed by atoms with van der Waals surface area (Å²) in [6, 6.07) is 10.2. The van der Waals surface area contributed by atoms with Gasteiger partial charge in [-0.05, 0) is 17.5 Å². The minimum atomic E-state index is -0.268. The van der Waals surface area contributed by atoms with Crippen LogP contribution in [0.4, 0.5) is 4.39 Å². The van der Waals surface area contributed by atoms with Crippen LogP contribution in [0.15, 0.2) is 40.9 Å². The number of hydrogen-bond acceptors (Lipinski definition) is 3. The summed E-state index contributed by atoms with van der Waals surface area (Å²) in [5.74, 6) is 0.656. The van der Waals surface area contributed by atoms with Crippen molar-refractivity contribution >= 4 is 22.4 Å². The molecule has 3 rings (SSSR count). The van der Waals surface area contributed by atoms with Crippen LogP contribution in [0.3, 0.4) is 0 Å². The first-order valence-electron chi connectivity index (χ1n) is 5.36. The monoisotopic (exact) mass is 262 g/mol. The van der Waals surface area contributed by atoms with Crippen molar-refractivity contribution in [2.45, 2.75) is 5.88 Å². The van der Waals surface area contributed by atoms with E-state index in [-0.39, 0.29) is 11.7 Å². The van der Waals surface area contributed by atoms with Gasteiger partial charge >= 0.3 is 0 Å². The Kier molecular flexibility index (Phi) is 2.72. The minimum Gasteiger partial charge on any atom is -0.338 e. The maximum absolute atomic E-state index is 13.7. The fraction of sp³-hybridized carbons (Fsp3) is 0.0769. The molecule has 0 aliphatic heterocycles. The second-order valence-electron chi connectivity index (χ2n) is 3.79. The number of halogens is 2. The predicted molar refractivity (Wildman–Crippen MR) is 66.8 cm³/mol. The Labute approximate surface area is 107 Å². The third-order valence-corrected chi connectivity index (χ3v) is 2.92. The van der Waals surface area contributed by atoms with Gasteiger partial charge in [-0.15, -0.1) is 11.6 Å². The van der Waals surface area contributed by atoms with E-state index in [2.05, 4.69) is 10.1 Å². The highest BCUT2D eigenvalue weighted by Crippen LogP contribution is 2.28. The zero-order chi connectivity index (χ0) is 12.5. The molecule has 0 unspecified atom stereocenters. The van der Waals surface area contributed by atoms with E-state index in [1.165, 1.54) is 6.07 Å². The first-order valence-corrected chi connectivity index (χ1v) is 5.89. The number of fused-ring (bicyclic) bond motifs is 1. The largest absolute Gasteiger partial charge is 0.338 e.